The van der Waals surface area contributed by atoms with Gasteiger partial charge in [-0.1, -0.05) is 19.3 Å². The summed E-state index contributed by atoms with van der Waals surface area (Å²) < 4.78 is 0. The molecule has 4 rings (SSSR count). The molecule has 3 heterocycles. The summed E-state index contributed by atoms with van der Waals surface area (Å²) in [6, 6.07) is 0.671. The summed E-state index contributed by atoms with van der Waals surface area (Å²) in [7, 11) is 0. The number of hydrogen-bond acceptors (Lipinski definition) is 5. The van der Waals surface area contributed by atoms with Gasteiger partial charge in [-0.3, -0.25) is 9.69 Å². The number of rotatable bonds is 2. The third-order valence-corrected chi connectivity index (χ3v) is 6.31. The van der Waals surface area contributed by atoms with Crippen molar-refractivity contribution in [2.24, 2.45) is 5.92 Å². The maximum atomic E-state index is 12.5. The van der Waals surface area contributed by atoms with Crippen molar-refractivity contribution in [2.75, 3.05) is 26.2 Å². The molecule has 2 aliphatic heterocycles. The standard InChI is InChI=1S/C17H27N5O2/c23-16(15-10-18-20-19-15)22-9-7-17(24)6-8-21(11-13(17)12-22)14-4-2-1-3-5-14/h10,13-14,24H,1-9,11-12H2,(H,18,19,20)/t13-,17-/m0/s1. The van der Waals surface area contributed by atoms with Crippen LogP contribution < -0.4 is 0 Å². The van der Waals surface area contributed by atoms with Crippen molar-refractivity contribution in [3.8, 4) is 0 Å². The molecular formula is C17H27N5O2. The average molecular weight is 333 g/mol. The molecule has 1 aliphatic carbocycles. The van der Waals surface area contributed by atoms with E-state index in [1.807, 2.05) is 4.90 Å². The van der Waals surface area contributed by atoms with Crippen LogP contribution in [0.1, 0.15) is 55.4 Å². The van der Waals surface area contributed by atoms with Crippen molar-refractivity contribution >= 4 is 5.91 Å². The van der Waals surface area contributed by atoms with Gasteiger partial charge in [-0.05, 0) is 25.7 Å². The van der Waals surface area contributed by atoms with Gasteiger partial charge >= 0.3 is 0 Å². The molecule has 0 unspecified atom stereocenters. The number of piperidine rings is 2. The van der Waals surface area contributed by atoms with Gasteiger partial charge in [0.1, 0.15) is 0 Å². The number of nitrogens with one attached hydrogen (secondary N) is 1. The van der Waals surface area contributed by atoms with Gasteiger partial charge in [0.2, 0.25) is 0 Å². The van der Waals surface area contributed by atoms with Crippen LogP contribution in [0.15, 0.2) is 6.20 Å². The number of likely N-dealkylation sites (tertiary alicyclic amines) is 2. The summed E-state index contributed by atoms with van der Waals surface area (Å²) in [6.07, 6.45) is 9.55. The summed E-state index contributed by atoms with van der Waals surface area (Å²) >= 11 is 0. The van der Waals surface area contributed by atoms with Crippen LogP contribution in [0.25, 0.3) is 0 Å². The van der Waals surface area contributed by atoms with Crippen LogP contribution in [0.3, 0.4) is 0 Å². The molecule has 0 radical (unpaired) electrons. The normalized spacial score (nSPS) is 32.5. The fourth-order valence-electron chi connectivity index (χ4n) is 4.76. The predicted octanol–water partition coefficient (Wildman–Crippen LogP) is 1.04. The number of H-pyrrole nitrogens is 1. The van der Waals surface area contributed by atoms with E-state index in [0.717, 1.165) is 19.5 Å². The van der Waals surface area contributed by atoms with Crippen LogP contribution in [0.2, 0.25) is 0 Å². The zero-order chi connectivity index (χ0) is 16.6. The summed E-state index contributed by atoms with van der Waals surface area (Å²) in [4.78, 5) is 16.9. The minimum absolute atomic E-state index is 0.0828. The largest absolute Gasteiger partial charge is 0.389 e. The number of aliphatic hydroxyl groups is 1. The van der Waals surface area contributed by atoms with Gasteiger partial charge in [0.15, 0.2) is 5.69 Å². The second-order valence-electron chi connectivity index (χ2n) is 7.69. The van der Waals surface area contributed by atoms with E-state index in [-0.39, 0.29) is 11.8 Å². The number of nitrogens with zero attached hydrogens (tertiary/aromatic N) is 4. The molecule has 7 nitrogen and oxygen atoms in total. The second-order valence-corrected chi connectivity index (χ2v) is 7.69. The van der Waals surface area contributed by atoms with Gasteiger partial charge in [0.05, 0.1) is 11.8 Å². The van der Waals surface area contributed by atoms with E-state index in [2.05, 4.69) is 20.3 Å². The highest BCUT2D eigenvalue weighted by atomic mass is 16.3. The van der Waals surface area contributed by atoms with Gasteiger partial charge in [0.25, 0.3) is 5.91 Å². The van der Waals surface area contributed by atoms with Crippen LogP contribution >= 0.6 is 0 Å². The van der Waals surface area contributed by atoms with Crippen molar-refractivity contribution in [2.45, 2.75) is 56.6 Å². The van der Waals surface area contributed by atoms with Crippen molar-refractivity contribution < 1.29 is 9.90 Å². The lowest BCUT2D eigenvalue weighted by Gasteiger charge is -2.52. The molecule has 1 amide bonds. The minimum atomic E-state index is -0.605. The highest BCUT2D eigenvalue weighted by Crippen LogP contribution is 2.38. The Bertz CT molecular complexity index is 572. The zero-order valence-corrected chi connectivity index (χ0v) is 14.2. The lowest BCUT2D eigenvalue weighted by Crippen LogP contribution is -2.62. The maximum Gasteiger partial charge on any atom is 0.276 e. The quantitative estimate of drug-likeness (QED) is 0.844. The van der Waals surface area contributed by atoms with E-state index in [4.69, 9.17) is 0 Å². The van der Waals surface area contributed by atoms with Gasteiger partial charge in [0, 0.05) is 38.1 Å². The lowest BCUT2D eigenvalue weighted by molar-refractivity contribution is -0.115. The summed E-state index contributed by atoms with van der Waals surface area (Å²) in [5.41, 5.74) is -0.244. The molecule has 0 bridgehead atoms. The molecule has 24 heavy (non-hydrogen) atoms. The molecule has 2 N–H and O–H groups in total. The predicted molar refractivity (Wildman–Crippen MR) is 88.4 cm³/mol. The molecule has 132 valence electrons. The van der Waals surface area contributed by atoms with E-state index >= 15 is 0 Å². The smallest absolute Gasteiger partial charge is 0.276 e. The van der Waals surface area contributed by atoms with E-state index in [9.17, 15) is 9.90 Å². The Morgan fingerprint density at radius 2 is 2.00 bits per heavy atom. The van der Waals surface area contributed by atoms with Crippen molar-refractivity contribution in [3.63, 3.8) is 0 Å². The van der Waals surface area contributed by atoms with Crippen molar-refractivity contribution in [3.05, 3.63) is 11.9 Å². The molecular weight excluding hydrogens is 306 g/mol. The monoisotopic (exact) mass is 333 g/mol. The Hall–Kier alpha value is -1.47. The van der Waals surface area contributed by atoms with Crippen molar-refractivity contribution in [1.82, 2.24) is 25.2 Å². The Morgan fingerprint density at radius 1 is 1.21 bits per heavy atom. The van der Waals surface area contributed by atoms with Gasteiger partial charge in [-0.15, -0.1) is 0 Å². The molecule has 0 aromatic carbocycles. The summed E-state index contributed by atoms with van der Waals surface area (Å²) in [5.74, 6) is 0.0540. The molecule has 1 aromatic rings. The second kappa shape index (κ2) is 6.44. The third kappa shape index (κ3) is 2.95. The molecule has 2 atom stereocenters. The number of carbonyl (C=O) groups excluding carboxylic acids is 1. The Balaban J connectivity index is 1.44. The first-order chi connectivity index (χ1) is 11.7. The van der Waals surface area contributed by atoms with Gasteiger partial charge in [-0.2, -0.15) is 15.4 Å². The maximum absolute atomic E-state index is 12.5. The number of hydrogen-bond donors (Lipinski definition) is 2. The highest BCUT2D eigenvalue weighted by Gasteiger charge is 2.47. The Kier molecular flexibility index (Phi) is 4.30. The number of carbonyl (C=O) groups is 1. The third-order valence-electron chi connectivity index (χ3n) is 6.31. The molecule has 0 spiro atoms. The van der Waals surface area contributed by atoms with Crippen LogP contribution in [-0.2, 0) is 0 Å². The number of aromatic nitrogens is 3. The molecule has 7 heteroatoms. The van der Waals surface area contributed by atoms with E-state index in [1.54, 1.807) is 0 Å². The number of aromatic amines is 1. The molecule has 2 saturated heterocycles. The first kappa shape index (κ1) is 16.0. The van der Waals surface area contributed by atoms with Crippen LogP contribution in [0.4, 0.5) is 0 Å². The fourth-order valence-corrected chi connectivity index (χ4v) is 4.76. The molecule has 1 saturated carbocycles. The summed E-state index contributed by atoms with van der Waals surface area (Å²) in [5, 5.41) is 21.2. The lowest BCUT2D eigenvalue weighted by atomic mass is 9.74. The first-order valence-corrected chi connectivity index (χ1v) is 9.27. The van der Waals surface area contributed by atoms with E-state index < -0.39 is 5.60 Å². The molecule has 3 fully saturated rings. The zero-order valence-electron chi connectivity index (χ0n) is 14.2. The Labute approximate surface area is 142 Å². The van der Waals surface area contributed by atoms with Gasteiger partial charge in [-0.25, -0.2) is 0 Å². The number of amides is 1. The average Bonchev–Trinajstić information content (AvgIpc) is 3.15. The van der Waals surface area contributed by atoms with Crippen LogP contribution in [0.5, 0.6) is 0 Å². The fraction of sp³-hybridized carbons (Fsp3) is 0.824. The van der Waals surface area contributed by atoms with E-state index in [0.29, 0.717) is 31.2 Å². The molecule has 1 aromatic heterocycles. The van der Waals surface area contributed by atoms with Crippen molar-refractivity contribution in [1.29, 1.82) is 0 Å². The Morgan fingerprint density at radius 3 is 2.75 bits per heavy atom. The highest BCUT2D eigenvalue weighted by molar-refractivity contribution is 5.92. The minimum Gasteiger partial charge on any atom is -0.389 e. The van der Waals surface area contributed by atoms with Crippen LogP contribution in [0, 0.1) is 5.92 Å². The summed E-state index contributed by atoms with van der Waals surface area (Å²) in [6.45, 7) is 3.12. The number of fused-ring (bicyclic) bond motifs is 1. The van der Waals surface area contributed by atoms with Crippen LogP contribution in [-0.4, -0.2) is 74.0 Å². The SMILES string of the molecule is O=C(c1cn[nH]n1)N1CC[C@@]2(O)CCN(C3CCCCC3)C[C@H]2C1. The van der Waals surface area contributed by atoms with E-state index in [1.165, 1.54) is 38.3 Å². The molecule has 3 aliphatic rings. The topological polar surface area (TPSA) is 85.3 Å². The first-order valence-electron chi connectivity index (χ1n) is 9.27. The van der Waals surface area contributed by atoms with Gasteiger partial charge < -0.3 is 10.0 Å².